The van der Waals surface area contributed by atoms with Gasteiger partial charge >= 0.3 is 5.97 Å². The summed E-state index contributed by atoms with van der Waals surface area (Å²) in [6.45, 7) is 6.36. The molecular formula is C29H30O2. The number of rotatable bonds is 6. The Morgan fingerprint density at radius 3 is 2.45 bits per heavy atom. The second-order valence-electron chi connectivity index (χ2n) is 7.72. The fraction of sp³-hybridized carbons (Fsp3) is 0.207. The van der Waals surface area contributed by atoms with E-state index in [0.717, 1.165) is 46.3 Å². The van der Waals surface area contributed by atoms with Crippen LogP contribution in [0.3, 0.4) is 0 Å². The van der Waals surface area contributed by atoms with Gasteiger partial charge in [0, 0.05) is 0 Å². The average Bonchev–Trinajstić information content (AvgIpc) is 3.02. The van der Waals surface area contributed by atoms with Gasteiger partial charge in [0.15, 0.2) is 0 Å². The summed E-state index contributed by atoms with van der Waals surface area (Å²) in [4.78, 5) is 12.6. The summed E-state index contributed by atoms with van der Waals surface area (Å²) in [6, 6.07) is 10.2. The molecule has 0 unspecified atom stereocenters. The van der Waals surface area contributed by atoms with Crippen LogP contribution >= 0.6 is 0 Å². The summed E-state index contributed by atoms with van der Waals surface area (Å²) < 4.78 is 5.11. The molecule has 2 nitrogen and oxygen atoms in total. The van der Waals surface area contributed by atoms with E-state index < -0.39 is 0 Å². The van der Waals surface area contributed by atoms with Crippen LogP contribution in [0.4, 0.5) is 0 Å². The predicted molar refractivity (Wildman–Crippen MR) is 130 cm³/mol. The smallest absolute Gasteiger partial charge is 0.338 e. The number of fused-ring (bicyclic) bond motifs is 1. The van der Waals surface area contributed by atoms with Crippen LogP contribution < -0.4 is 0 Å². The molecule has 0 radical (unpaired) electrons. The molecule has 2 aliphatic rings. The van der Waals surface area contributed by atoms with E-state index >= 15 is 0 Å². The molecule has 0 saturated heterocycles. The van der Waals surface area contributed by atoms with Crippen LogP contribution in [0.15, 0.2) is 118 Å². The Labute approximate surface area is 186 Å². The van der Waals surface area contributed by atoms with Gasteiger partial charge in [-0.1, -0.05) is 92.3 Å². The molecule has 0 heterocycles. The van der Waals surface area contributed by atoms with Crippen molar-refractivity contribution in [1.82, 2.24) is 0 Å². The maximum atomic E-state index is 12.6. The van der Waals surface area contributed by atoms with Gasteiger partial charge < -0.3 is 4.74 Å². The average molecular weight is 411 g/mol. The third-order valence-electron chi connectivity index (χ3n) is 5.50. The van der Waals surface area contributed by atoms with E-state index in [9.17, 15) is 4.79 Å². The Kier molecular flexibility index (Phi) is 7.61. The Balaban J connectivity index is 2.05. The Hall–Kier alpha value is -3.39. The molecule has 0 atom stereocenters. The van der Waals surface area contributed by atoms with Gasteiger partial charge in [-0.3, -0.25) is 0 Å². The van der Waals surface area contributed by atoms with Gasteiger partial charge in [0.05, 0.1) is 12.7 Å². The van der Waals surface area contributed by atoms with E-state index in [4.69, 9.17) is 4.74 Å². The number of esters is 1. The first-order chi connectivity index (χ1) is 15.0. The molecule has 1 aromatic rings. The van der Waals surface area contributed by atoms with Crippen molar-refractivity contribution in [3.63, 3.8) is 0 Å². The van der Waals surface area contributed by atoms with Crippen molar-refractivity contribution in [2.75, 3.05) is 7.11 Å². The van der Waals surface area contributed by atoms with Gasteiger partial charge in [0.2, 0.25) is 0 Å². The first-order valence-corrected chi connectivity index (χ1v) is 10.8. The fourth-order valence-electron chi connectivity index (χ4n) is 3.82. The molecule has 0 N–H and O–H groups in total. The summed E-state index contributed by atoms with van der Waals surface area (Å²) >= 11 is 0. The zero-order valence-electron chi connectivity index (χ0n) is 18.8. The van der Waals surface area contributed by atoms with Crippen molar-refractivity contribution >= 4 is 12.0 Å². The number of carbonyl (C=O) groups excluding carboxylic acids is 1. The van der Waals surface area contributed by atoms with Gasteiger partial charge in [0.25, 0.3) is 0 Å². The predicted octanol–water partition coefficient (Wildman–Crippen LogP) is 7.22. The summed E-state index contributed by atoms with van der Waals surface area (Å²) in [5.74, 6) is -0.314. The SMILES string of the molecule is CCCC1=CC=C(C)C2=C(C(=O)OC)C=CC(/C=C\C=Cc3ccccc3)=C(C)C2=C1. The lowest BCUT2D eigenvalue weighted by molar-refractivity contribution is -0.135. The zero-order chi connectivity index (χ0) is 22.2. The largest absolute Gasteiger partial charge is 0.465 e. The van der Waals surface area contributed by atoms with Crippen molar-refractivity contribution in [2.45, 2.75) is 33.6 Å². The highest BCUT2D eigenvalue weighted by atomic mass is 16.5. The minimum Gasteiger partial charge on any atom is -0.465 e. The lowest BCUT2D eigenvalue weighted by Gasteiger charge is -2.16. The Morgan fingerprint density at radius 2 is 1.74 bits per heavy atom. The van der Waals surface area contributed by atoms with Crippen molar-refractivity contribution in [3.8, 4) is 0 Å². The van der Waals surface area contributed by atoms with Gasteiger partial charge in [0.1, 0.15) is 0 Å². The van der Waals surface area contributed by atoms with Crippen LogP contribution in [0.1, 0.15) is 39.2 Å². The van der Waals surface area contributed by atoms with Gasteiger partial charge in [-0.2, -0.15) is 0 Å². The highest BCUT2D eigenvalue weighted by molar-refractivity contribution is 5.96. The molecule has 2 heteroatoms. The quantitative estimate of drug-likeness (QED) is 0.365. The molecule has 0 aromatic heterocycles. The van der Waals surface area contributed by atoms with E-state index in [1.807, 2.05) is 42.5 Å². The molecule has 2 aliphatic carbocycles. The maximum Gasteiger partial charge on any atom is 0.338 e. The molecule has 3 rings (SSSR count). The number of methoxy groups -OCH3 is 1. The number of hydrogen-bond donors (Lipinski definition) is 0. The molecule has 0 spiro atoms. The van der Waals surface area contributed by atoms with Crippen molar-refractivity contribution in [2.24, 2.45) is 0 Å². The number of ether oxygens (including phenoxy) is 1. The standard InChI is InChI=1S/C29H30O2/c1-5-11-24-17-16-21(2)28-26(29(30)31-4)19-18-25(22(3)27(28)20-24)15-10-9-14-23-12-7-6-8-13-23/h6-10,12-20H,5,11H2,1-4H3/b14-9?,15-10-. The first kappa shape index (κ1) is 22.3. The van der Waals surface area contributed by atoms with Crippen LogP contribution in [-0.4, -0.2) is 13.1 Å². The normalized spacial score (nSPS) is 16.7. The molecule has 0 fully saturated rings. The van der Waals surface area contributed by atoms with Crippen LogP contribution in [0.25, 0.3) is 6.08 Å². The molecule has 0 aliphatic heterocycles. The maximum absolute atomic E-state index is 12.6. The lowest BCUT2D eigenvalue weighted by Crippen LogP contribution is -2.08. The van der Waals surface area contributed by atoms with Crippen LogP contribution in [0.5, 0.6) is 0 Å². The van der Waals surface area contributed by atoms with Gasteiger partial charge in [-0.05, 0) is 65.3 Å². The van der Waals surface area contributed by atoms with Crippen LogP contribution in [-0.2, 0) is 9.53 Å². The minimum absolute atomic E-state index is 0.314. The number of hydrogen-bond acceptors (Lipinski definition) is 2. The number of carbonyl (C=O) groups is 1. The topological polar surface area (TPSA) is 26.3 Å². The summed E-state index contributed by atoms with van der Waals surface area (Å²) in [7, 11) is 1.43. The van der Waals surface area contributed by atoms with Gasteiger partial charge in [-0.15, -0.1) is 0 Å². The van der Waals surface area contributed by atoms with E-state index in [2.05, 4.69) is 63.3 Å². The summed E-state index contributed by atoms with van der Waals surface area (Å²) in [5.41, 5.74) is 8.34. The highest BCUT2D eigenvalue weighted by Gasteiger charge is 2.23. The van der Waals surface area contributed by atoms with Gasteiger partial charge in [-0.25, -0.2) is 4.79 Å². The molecule has 0 bridgehead atoms. The van der Waals surface area contributed by atoms with Crippen molar-refractivity contribution < 1.29 is 9.53 Å². The van der Waals surface area contributed by atoms with Crippen molar-refractivity contribution in [3.05, 3.63) is 124 Å². The lowest BCUT2D eigenvalue weighted by atomic mass is 9.88. The highest BCUT2D eigenvalue weighted by Crippen LogP contribution is 2.37. The molecule has 158 valence electrons. The van der Waals surface area contributed by atoms with E-state index in [1.54, 1.807) is 0 Å². The third-order valence-corrected chi connectivity index (χ3v) is 5.50. The van der Waals surface area contributed by atoms with Crippen LogP contribution in [0, 0.1) is 0 Å². The molecular weight excluding hydrogens is 380 g/mol. The monoisotopic (exact) mass is 410 g/mol. The van der Waals surface area contributed by atoms with E-state index in [0.29, 0.717) is 5.57 Å². The zero-order valence-corrected chi connectivity index (χ0v) is 18.8. The third kappa shape index (κ3) is 5.40. The van der Waals surface area contributed by atoms with E-state index in [-0.39, 0.29) is 5.97 Å². The van der Waals surface area contributed by atoms with Crippen LogP contribution in [0.2, 0.25) is 0 Å². The Morgan fingerprint density at radius 1 is 1.00 bits per heavy atom. The second kappa shape index (κ2) is 10.6. The molecule has 31 heavy (non-hydrogen) atoms. The minimum atomic E-state index is -0.314. The molecule has 0 amide bonds. The first-order valence-electron chi connectivity index (χ1n) is 10.8. The summed E-state index contributed by atoms with van der Waals surface area (Å²) in [5, 5.41) is 0. The fourth-order valence-corrected chi connectivity index (χ4v) is 3.82. The molecule has 1 aromatic carbocycles. The number of allylic oxidation sites excluding steroid dienone is 13. The summed E-state index contributed by atoms with van der Waals surface area (Å²) in [6.07, 6.45) is 20.7. The van der Waals surface area contributed by atoms with E-state index in [1.165, 1.54) is 12.7 Å². The van der Waals surface area contributed by atoms with Crippen molar-refractivity contribution in [1.29, 1.82) is 0 Å². The molecule has 0 saturated carbocycles. The number of benzene rings is 1. The Bertz CT molecular complexity index is 1080. The second-order valence-corrected chi connectivity index (χ2v) is 7.72.